The van der Waals surface area contributed by atoms with Crippen molar-refractivity contribution in [1.29, 1.82) is 0 Å². The van der Waals surface area contributed by atoms with E-state index in [-0.39, 0.29) is 0 Å². The van der Waals surface area contributed by atoms with Gasteiger partial charge in [0.2, 0.25) is 0 Å². The Morgan fingerprint density at radius 2 is 1.95 bits per heavy atom. The molecular formula is C15H19BrN4. The predicted molar refractivity (Wildman–Crippen MR) is 85.8 cm³/mol. The number of rotatable bonds is 2. The number of nitrogen functional groups attached to an aromatic ring is 2. The average molecular weight is 335 g/mol. The largest absolute Gasteiger partial charge is 0.382 e. The molecule has 0 spiro atoms. The molecule has 1 aliphatic rings. The Bertz CT molecular complexity index is 614. The van der Waals surface area contributed by atoms with E-state index in [1.165, 1.54) is 19.3 Å². The lowest BCUT2D eigenvalue weighted by Crippen LogP contribution is -2.19. The van der Waals surface area contributed by atoms with Crippen molar-refractivity contribution in [2.75, 3.05) is 11.6 Å². The zero-order valence-corrected chi connectivity index (χ0v) is 12.9. The van der Waals surface area contributed by atoms with Gasteiger partial charge in [0.05, 0.1) is 0 Å². The van der Waals surface area contributed by atoms with E-state index in [9.17, 15) is 0 Å². The van der Waals surface area contributed by atoms with E-state index in [2.05, 4.69) is 15.9 Å². The average Bonchev–Trinajstić information content (AvgIpc) is 2.76. The van der Waals surface area contributed by atoms with Crippen LogP contribution in [0.2, 0.25) is 0 Å². The van der Waals surface area contributed by atoms with Crippen LogP contribution in [0, 0.1) is 0 Å². The molecule has 0 atom stereocenters. The van der Waals surface area contributed by atoms with E-state index >= 15 is 0 Å². The van der Waals surface area contributed by atoms with Crippen molar-refractivity contribution in [2.24, 2.45) is 0 Å². The van der Waals surface area contributed by atoms with Crippen LogP contribution in [-0.2, 0) is 0 Å². The fourth-order valence-electron chi connectivity index (χ4n) is 2.96. The summed E-state index contributed by atoms with van der Waals surface area (Å²) in [5.74, 6) is 8.04. The van der Waals surface area contributed by atoms with E-state index in [1.807, 2.05) is 24.3 Å². The Balaban J connectivity index is 2.01. The summed E-state index contributed by atoms with van der Waals surface area (Å²) in [5.41, 5.74) is 7.94. The van der Waals surface area contributed by atoms with Crippen molar-refractivity contribution < 1.29 is 0 Å². The smallest absolute Gasteiger partial charge is 0.150 e. The number of hydrogen-bond acceptors (Lipinski definition) is 3. The van der Waals surface area contributed by atoms with Crippen LogP contribution >= 0.6 is 15.9 Å². The minimum absolute atomic E-state index is 0.442. The van der Waals surface area contributed by atoms with Crippen molar-refractivity contribution in [2.45, 2.75) is 38.0 Å². The van der Waals surface area contributed by atoms with E-state index in [0.717, 1.165) is 34.4 Å². The molecule has 1 aromatic carbocycles. The van der Waals surface area contributed by atoms with Gasteiger partial charge in [0.25, 0.3) is 0 Å². The highest BCUT2D eigenvalue weighted by Crippen LogP contribution is 2.35. The first-order chi connectivity index (χ1) is 9.66. The second-order valence-electron chi connectivity index (χ2n) is 5.42. The third kappa shape index (κ3) is 2.42. The normalized spacial score (nSPS) is 16.4. The molecule has 0 aliphatic heterocycles. The molecule has 0 unspecified atom stereocenters. The zero-order valence-electron chi connectivity index (χ0n) is 11.3. The van der Waals surface area contributed by atoms with Crippen LogP contribution in [0.25, 0.3) is 11.3 Å². The predicted octanol–water partition coefficient (Wildman–Crippen LogP) is 3.66. The van der Waals surface area contributed by atoms with Crippen molar-refractivity contribution in [3.05, 3.63) is 34.6 Å². The maximum Gasteiger partial charge on any atom is 0.150 e. The van der Waals surface area contributed by atoms with Crippen LogP contribution in [0.3, 0.4) is 0 Å². The summed E-state index contributed by atoms with van der Waals surface area (Å²) in [6.07, 6.45) is 6.14. The zero-order chi connectivity index (χ0) is 14.1. The lowest BCUT2D eigenvalue weighted by molar-refractivity contribution is 0.424. The van der Waals surface area contributed by atoms with Crippen molar-refractivity contribution >= 4 is 21.7 Å². The standard InChI is InChI=1S/C15H19BrN4/c16-12-8-4-7-11(9-12)13-14(17)20(18)15(19-13)10-5-2-1-3-6-10/h4,7-10H,1-3,5-6,17-18H2. The van der Waals surface area contributed by atoms with Gasteiger partial charge in [-0.3, -0.25) is 0 Å². The molecule has 1 heterocycles. The van der Waals surface area contributed by atoms with Gasteiger partial charge in [0, 0.05) is 16.0 Å². The van der Waals surface area contributed by atoms with E-state index in [4.69, 9.17) is 16.6 Å². The topological polar surface area (TPSA) is 69.9 Å². The molecule has 1 aromatic heterocycles. The molecule has 20 heavy (non-hydrogen) atoms. The first-order valence-electron chi connectivity index (χ1n) is 7.06. The maximum atomic E-state index is 6.15. The molecular weight excluding hydrogens is 316 g/mol. The van der Waals surface area contributed by atoms with Crippen molar-refractivity contribution in [1.82, 2.24) is 9.66 Å². The second-order valence-corrected chi connectivity index (χ2v) is 6.33. The Hall–Kier alpha value is -1.49. The molecule has 0 amide bonds. The highest BCUT2D eigenvalue weighted by Gasteiger charge is 2.23. The number of benzene rings is 1. The van der Waals surface area contributed by atoms with E-state index in [1.54, 1.807) is 4.68 Å². The molecule has 4 N–H and O–H groups in total. The Morgan fingerprint density at radius 1 is 1.20 bits per heavy atom. The quantitative estimate of drug-likeness (QED) is 0.823. The first-order valence-corrected chi connectivity index (χ1v) is 7.85. The summed E-state index contributed by atoms with van der Waals surface area (Å²) >= 11 is 3.48. The van der Waals surface area contributed by atoms with Gasteiger partial charge in [0.15, 0.2) is 5.82 Å². The Kier molecular flexibility index (Phi) is 3.70. The monoisotopic (exact) mass is 334 g/mol. The van der Waals surface area contributed by atoms with Gasteiger partial charge in [-0.2, -0.15) is 0 Å². The van der Waals surface area contributed by atoms with Crippen LogP contribution in [0.4, 0.5) is 5.82 Å². The number of anilines is 1. The van der Waals surface area contributed by atoms with Crippen molar-refractivity contribution in [3.63, 3.8) is 0 Å². The molecule has 3 rings (SSSR count). The van der Waals surface area contributed by atoms with Crippen LogP contribution in [0.1, 0.15) is 43.8 Å². The summed E-state index contributed by atoms with van der Waals surface area (Å²) in [7, 11) is 0. The van der Waals surface area contributed by atoms with Gasteiger partial charge in [-0.15, -0.1) is 0 Å². The summed E-state index contributed by atoms with van der Waals surface area (Å²) in [6.45, 7) is 0. The number of halogens is 1. The number of nitrogens with zero attached hydrogens (tertiary/aromatic N) is 2. The fourth-order valence-corrected chi connectivity index (χ4v) is 3.36. The SMILES string of the molecule is Nc1c(-c2cccc(Br)c2)nc(C2CCCCC2)n1N. The summed E-state index contributed by atoms with van der Waals surface area (Å²) in [6, 6.07) is 7.99. The Morgan fingerprint density at radius 3 is 2.65 bits per heavy atom. The summed E-state index contributed by atoms with van der Waals surface area (Å²) in [5, 5.41) is 0. The maximum absolute atomic E-state index is 6.15. The van der Waals surface area contributed by atoms with E-state index in [0.29, 0.717) is 11.7 Å². The molecule has 2 aromatic rings. The highest BCUT2D eigenvalue weighted by molar-refractivity contribution is 9.10. The summed E-state index contributed by atoms with van der Waals surface area (Å²) in [4.78, 5) is 4.74. The van der Waals surface area contributed by atoms with Gasteiger partial charge in [-0.05, 0) is 25.0 Å². The van der Waals surface area contributed by atoms with Gasteiger partial charge in [0.1, 0.15) is 11.5 Å². The molecule has 1 saturated carbocycles. The molecule has 0 bridgehead atoms. The third-order valence-electron chi connectivity index (χ3n) is 4.04. The number of hydrogen-bond donors (Lipinski definition) is 2. The lowest BCUT2D eigenvalue weighted by atomic mass is 9.89. The second kappa shape index (κ2) is 5.48. The van der Waals surface area contributed by atoms with Gasteiger partial charge in [-0.25, -0.2) is 9.66 Å². The van der Waals surface area contributed by atoms with Gasteiger partial charge < -0.3 is 11.6 Å². The molecule has 5 heteroatoms. The molecule has 0 saturated heterocycles. The van der Waals surface area contributed by atoms with Crippen LogP contribution in [0.15, 0.2) is 28.7 Å². The first kappa shape index (κ1) is 13.5. The van der Waals surface area contributed by atoms with Crippen molar-refractivity contribution in [3.8, 4) is 11.3 Å². The minimum atomic E-state index is 0.442. The van der Waals surface area contributed by atoms with Crippen LogP contribution in [0.5, 0.6) is 0 Å². The number of imidazole rings is 1. The lowest BCUT2D eigenvalue weighted by Gasteiger charge is -2.20. The number of aromatic nitrogens is 2. The van der Waals surface area contributed by atoms with Gasteiger partial charge in [-0.1, -0.05) is 47.3 Å². The molecule has 0 radical (unpaired) electrons. The van der Waals surface area contributed by atoms with Crippen LogP contribution < -0.4 is 11.6 Å². The Labute approximate surface area is 127 Å². The van der Waals surface area contributed by atoms with Gasteiger partial charge >= 0.3 is 0 Å². The van der Waals surface area contributed by atoms with Crippen LogP contribution in [-0.4, -0.2) is 9.66 Å². The fraction of sp³-hybridized carbons (Fsp3) is 0.400. The number of nitrogens with two attached hydrogens (primary N) is 2. The third-order valence-corrected chi connectivity index (χ3v) is 4.54. The molecule has 106 valence electrons. The molecule has 1 fully saturated rings. The molecule has 4 nitrogen and oxygen atoms in total. The highest BCUT2D eigenvalue weighted by atomic mass is 79.9. The minimum Gasteiger partial charge on any atom is -0.382 e. The van der Waals surface area contributed by atoms with E-state index < -0.39 is 0 Å². The molecule has 1 aliphatic carbocycles. The summed E-state index contributed by atoms with van der Waals surface area (Å²) < 4.78 is 2.59.